The SMILES string of the molecule is CCCCC1CCC(C(=O)Nc2ccc(CCCl)cc2OCC)CC1. The summed E-state index contributed by atoms with van der Waals surface area (Å²) < 4.78 is 5.72. The fourth-order valence-electron chi connectivity index (χ4n) is 3.65. The lowest BCUT2D eigenvalue weighted by atomic mass is 9.79. The van der Waals surface area contributed by atoms with Crippen LogP contribution < -0.4 is 10.1 Å². The summed E-state index contributed by atoms with van der Waals surface area (Å²) in [6.45, 7) is 4.78. The van der Waals surface area contributed by atoms with Gasteiger partial charge >= 0.3 is 0 Å². The summed E-state index contributed by atoms with van der Waals surface area (Å²) in [5, 5.41) is 3.10. The van der Waals surface area contributed by atoms with Crippen molar-refractivity contribution < 1.29 is 9.53 Å². The van der Waals surface area contributed by atoms with Crippen LogP contribution in [0.25, 0.3) is 0 Å². The molecule has 0 spiro atoms. The first-order valence-corrected chi connectivity index (χ1v) is 10.3. The monoisotopic (exact) mass is 365 g/mol. The molecule has 1 aromatic rings. The van der Waals surface area contributed by atoms with Gasteiger partial charge < -0.3 is 10.1 Å². The highest BCUT2D eigenvalue weighted by Gasteiger charge is 2.26. The van der Waals surface area contributed by atoms with E-state index in [4.69, 9.17) is 16.3 Å². The Morgan fingerprint density at radius 3 is 2.64 bits per heavy atom. The van der Waals surface area contributed by atoms with Crippen LogP contribution in [-0.2, 0) is 11.2 Å². The van der Waals surface area contributed by atoms with Crippen molar-refractivity contribution in [3.8, 4) is 5.75 Å². The first-order chi connectivity index (χ1) is 12.2. The third-order valence-corrected chi connectivity index (χ3v) is 5.36. The van der Waals surface area contributed by atoms with Crippen LogP contribution in [0.5, 0.6) is 5.75 Å². The molecule has 0 unspecified atom stereocenters. The lowest BCUT2D eigenvalue weighted by molar-refractivity contribution is -0.121. The van der Waals surface area contributed by atoms with E-state index in [2.05, 4.69) is 12.2 Å². The van der Waals surface area contributed by atoms with Gasteiger partial charge in [-0.3, -0.25) is 4.79 Å². The number of anilines is 1. The number of hydrogen-bond donors (Lipinski definition) is 1. The number of ether oxygens (including phenoxy) is 1. The first-order valence-electron chi connectivity index (χ1n) is 9.80. The molecular weight excluding hydrogens is 334 g/mol. The minimum atomic E-state index is 0.134. The molecule has 0 aliphatic heterocycles. The van der Waals surface area contributed by atoms with Crippen LogP contribution >= 0.6 is 11.6 Å². The van der Waals surface area contributed by atoms with E-state index in [9.17, 15) is 4.79 Å². The highest BCUT2D eigenvalue weighted by atomic mass is 35.5. The van der Waals surface area contributed by atoms with Crippen LogP contribution in [0.1, 0.15) is 64.4 Å². The predicted molar refractivity (Wildman–Crippen MR) is 106 cm³/mol. The number of carbonyl (C=O) groups is 1. The number of hydrogen-bond acceptors (Lipinski definition) is 2. The highest BCUT2D eigenvalue weighted by Crippen LogP contribution is 2.34. The molecule has 0 aromatic heterocycles. The van der Waals surface area contributed by atoms with Crippen molar-refractivity contribution >= 4 is 23.2 Å². The Hall–Kier alpha value is -1.22. The van der Waals surface area contributed by atoms with Gasteiger partial charge in [0.25, 0.3) is 0 Å². The molecule has 1 amide bonds. The second kappa shape index (κ2) is 10.7. The molecule has 25 heavy (non-hydrogen) atoms. The first kappa shape index (κ1) is 20.1. The van der Waals surface area contributed by atoms with Crippen molar-refractivity contribution in [3.05, 3.63) is 23.8 Å². The molecule has 140 valence electrons. The van der Waals surface area contributed by atoms with Crippen LogP contribution in [0.15, 0.2) is 18.2 Å². The van der Waals surface area contributed by atoms with Gasteiger partial charge in [-0.05, 0) is 62.6 Å². The number of benzene rings is 1. The minimum absolute atomic E-state index is 0.134. The van der Waals surface area contributed by atoms with E-state index in [0.717, 1.165) is 42.2 Å². The molecule has 1 aromatic carbocycles. The summed E-state index contributed by atoms with van der Waals surface area (Å²) >= 11 is 5.82. The number of rotatable bonds is 9. The zero-order valence-electron chi connectivity index (χ0n) is 15.7. The van der Waals surface area contributed by atoms with Crippen LogP contribution in [0, 0.1) is 11.8 Å². The van der Waals surface area contributed by atoms with Gasteiger partial charge in [0.1, 0.15) is 5.75 Å². The van der Waals surface area contributed by atoms with Crippen LogP contribution in [0.4, 0.5) is 5.69 Å². The van der Waals surface area contributed by atoms with Gasteiger partial charge in [0, 0.05) is 11.8 Å². The number of aryl methyl sites for hydroxylation is 1. The molecule has 0 saturated heterocycles. The Kier molecular flexibility index (Phi) is 8.60. The molecule has 4 heteroatoms. The minimum Gasteiger partial charge on any atom is -0.492 e. The second-order valence-electron chi connectivity index (χ2n) is 7.05. The van der Waals surface area contributed by atoms with Gasteiger partial charge in [-0.25, -0.2) is 0 Å². The average molecular weight is 366 g/mol. The van der Waals surface area contributed by atoms with E-state index in [1.54, 1.807) is 0 Å². The number of halogens is 1. The zero-order valence-corrected chi connectivity index (χ0v) is 16.4. The molecule has 3 nitrogen and oxygen atoms in total. The van der Waals surface area contributed by atoms with Crippen molar-refractivity contribution in [2.24, 2.45) is 11.8 Å². The van der Waals surface area contributed by atoms with Gasteiger partial charge in [0.2, 0.25) is 5.91 Å². The molecule has 1 saturated carbocycles. The fraction of sp³-hybridized carbons (Fsp3) is 0.667. The summed E-state index contributed by atoms with van der Waals surface area (Å²) in [7, 11) is 0. The zero-order chi connectivity index (χ0) is 18.1. The molecule has 2 rings (SSSR count). The van der Waals surface area contributed by atoms with Crippen molar-refractivity contribution in [2.75, 3.05) is 17.8 Å². The predicted octanol–water partition coefficient (Wildman–Crippen LogP) is 5.80. The maximum Gasteiger partial charge on any atom is 0.227 e. The van der Waals surface area contributed by atoms with Gasteiger partial charge in [-0.15, -0.1) is 11.6 Å². The molecule has 1 aliphatic rings. The van der Waals surface area contributed by atoms with Gasteiger partial charge in [-0.1, -0.05) is 32.3 Å². The summed E-state index contributed by atoms with van der Waals surface area (Å²) in [6.07, 6.45) is 9.09. The maximum atomic E-state index is 12.7. The Labute approximate surface area is 157 Å². The average Bonchev–Trinajstić information content (AvgIpc) is 2.63. The molecular formula is C21H32ClNO2. The van der Waals surface area contributed by atoms with Crippen molar-refractivity contribution in [1.29, 1.82) is 0 Å². The summed E-state index contributed by atoms with van der Waals surface area (Å²) in [5.41, 5.74) is 1.91. The molecule has 1 fully saturated rings. The fourth-order valence-corrected chi connectivity index (χ4v) is 3.87. The largest absolute Gasteiger partial charge is 0.492 e. The lowest BCUT2D eigenvalue weighted by Gasteiger charge is -2.28. The molecule has 1 N–H and O–H groups in total. The topological polar surface area (TPSA) is 38.3 Å². The highest BCUT2D eigenvalue weighted by molar-refractivity contribution is 6.18. The Balaban J connectivity index is 1.93. The smallest absolute Gasteiger partial charge is 0.227 e. The number of nitrogens with one attached hydrogen (secondary N) is 1. The van der Waals surface area contributed by atoms with Gasteiger partial charge in [-0.2, -0.15) is 0 Å². The van der Waals surface area contributed by atoms with Crippen molar-refractivity contribution in [1.82, 2.24) is 0 Å². The Morgan fingerprint density at radius 2 is 2.00 bits per heavy atom. The number of amides is 1. The summed E-state index contributed by atoms with van der Waals surface area (Å²) in [6, 6.07) is 5.95. The van der Waals surface area contributed by atoms with E-state index >= 15 is 0 Å². The summed E-state index contributed by atoms with van der Waals surface area (Å²) in [5.74, 6) is 2.42. The van der Waals surface area contributed by atoms with E-state index in [0.29, 0.717) is 12.5 Å². The third kappa shape index (κ3) is 6.22. The standard InChI is InChI=1S/C21H32ClNO2/c1-3-5-6-16-7-10-18(11-8-16)21(24)23-19-12-9-17(13-14-22)15-20(19)25-4-2/h9,12,15-16,18H,3-8,10-11,13-14H2,1-2H3,(H,23,24). The van der Waals surface area contributed by atoms with E-state index in [1.807, 2.05) is 25.1 Å². The second-order valence-corrected chi connectivity index (χ2v) is 7.43. The third-order valence-electron chi connectivity index (χ3n) is 5.17. The van der Waals surface area contributed by atoms with Crippen LogP contribution in [0.3, 0.4) is 0 Å². The molecule has 0 atom stereocenters. The van der Waals surface area contributed by atoms with Crippen LogP contribution in [0.2, 0.25) is 0 Å². The number of unbranched alkanes of at least 4 members (excludes halogenated alkanes) is 1. The summed E-state index contributed by atoms with van der Waals surface area (Å²) in [4.78, 5) is 12.7. The van der Waals surface area contributed by atoms with Crippen molar-refractivity contribution in [3.63, 3.8) is 0 Å². The molecule has 0 heterocycles. The quantitative estimate of drug-likeness (QED) is 0.561. The van der Waals surface area contributed by atoms with Crippen molar-refractivity contribution in [2.45, 2.75) is 65.2 Å². The van der Waals surface area contributed by atoms with Gasteiger partial charge in [0.15, 0.2) is 0 Å². The van der Waals surface area contributed by atoms with E-state index in [1.165, 1.54) is 32.1 Å². The maximum absolute atomic E-state index is 12.7. The Morgan fingerprint density at radius 1 is 1.24 bits per heavy atom. The lowest BCUT2D eigenvalue weighted by Crippen LogP contribution is -2.27. The van der Waals surface area contributed by atoms with E-state index < -0.39 is 0 Å². The normalized spacial score (nSPS) is 20.3. The number of carbonyl (C=O) groups excluding carboxylic acids is 1. The van der Waals surface area contributed by atoms with Crippen LogP contribution in [-0.4, -0.2) is 18.4 Å². The number of alkyl halides is 1. The Bertz CT molecular complexity index is 539. The molecule has 0 radical (unpaired) electrons. The molecule has 0 bridgehead atoms. The molecule has 1 aliphatic carbocycles. The van der Waals surface area contributed by atoms with Gasteiger partial charge in [0.05, 0.1) is 12.3 Å². The van der Waals surface area contributed by atoms with E-state index in [-0.39, 0.29) is 11.8 Å².